The Hall–Kier alpha value is -2.36. The van der Waals surface area contributed by atoms with E-state index in [0.29, 0.717) is 25.6 Å². The molecule has 158 valence electrons. The summed E-state index contributed by atoms with van der Waals surface area (Å²) in [5.74, 6) is 1.57. The van der Waals surface area contributed by atoms with Crippen LogP contribution in [0.25, 0.3) is 0 Å². The van der Waals surface area contributed by atoms with Crippen molar-refractivity contribution in [2.45, 2.75) is 43.2 Å². The van der Waals surface area contributed by atoms with E-state index in [4.69, 9.17) is 14.3 Å². The van der Waals surface area contributed by atoms with E-state index >= 15 is 0 Å². The number of guanidine groups is 1. The van der Waals surface area contributed by atoms with Gasteiger partial charge in [0.15, 0.2) is 5.96 Å². The molecule has 1 atom stereocenters. The molecule has 1 fully saturated rings. The monoisotopic (exact) mass is 420 g/mol. The number of ether oxygens (including phenoxy) is 1. The van der Waals surface area contributed by atoms with Crippen molar-refractivity contribution in [3.05, 3.63) is 54.0 Å². The molecule has 1 aliphatic rings. The summed E-state index contributed by atoms with van der Waals surface area (Å²) < 4.78 is 33.9. The van der Waals surface area contributed by atoms with Crippen LogP contribution in [0.5, 0.6) is 0 Å². The molecule has 0 aliphatic carbocycles. The summed E-state index contributed by atoms with van der Waals surface area (Å²) in [6.07, 6.45) is 4.47. The Balaban J connectivity index is 1.61. The summed E-state index contributed by atoms with van der Waals surface area (Å²) in [6, 6.07) is 10.2. The zero-order chi connectivity index (χ0) is 20.7. The van der Waals surface area contributed by atoms with Gasteiger partial charge in [-0.1, -0.05) is 12.1 Å². The molecule has 1 unspecified atom stereocenters. The molecule has 9 heteroatoms. The zero-order valence-corrected chi connectivity index (χ0v) is 17.4. The van der Waals surface area contributed by atoms with Gasteiger partial charge in [0.25, 0.3) is 0 Å². The van der Waals surface area contributed by atoms with E-state index in [2.05, 4.69) is 22.5 Å². The number of furan rings is 1. The van der Waals surface area contributed by atoms with Crippen molar-refractivity contribution >= 4 is 16.0 Å². The summed E-state index contributed by atoms with van der Waals surface area (Å²) in [7, 11) is -3.69. The van der Waals surface area contributed by atoms with Crippen LogP contribution in [-0.2, 0) is 27.7 Å². The average Bonchev–Trinajstić information content (AvgIpc) is 3.35. The van der Waals surface area contributed by atoms with Gasteiger partial charge >= 0.3 is 0 Å². The fraction of sp³-hybridized carbons (Fsp3) is 0.450. The predicted octanol–water partition coefficient (Wildman–Crippen LogP) is 1.77. The SMILES string of the molecule is CC1(CNC(=NCc2ccc(S(N)(=O)=O)cc2)NCCc2ccco2)CCCO1. The maximum atomic E-state index is 11.4. The summed E-state index contributed by atoms with van der Waals surface area (Å²) in [4.78, 5) is 4.71. The van der Waals surface area contributed by atoms with Gasteiger partial charge < -0.3 is 19.8 Å². The third-order valence-corrected chi connectivity index (χ3v) is 5.78. The van der Waals surface area contributed by atoms with Crippen LogP contribution in [-0.4, -0.2) is 39.7 Å². The molecule has 2 aromatic rings. The second kappa shape index (κ2) is 9.43. The number of nitrogens with two attached hydrogens (primary N) is 1. The van der Waals surface area contributed by atoms with Gasteiger partial charge in [-0.3, -0.25) is 0 Å². The van der Waals surface area contributed by atoms with Gasteiger partial charge in [-0.05, 0) is 49.6 Å². The first kappa shape index (κ1) is 21.4. The fourth-order valence-electron chi connectivity index (χ4n) is 3.14. The van der Waals surface area contributed by atoms with E-state index in [1.807, 2.05) is 12.1 Å². The van der Waals surface area contributed by atoms with E-state index in [1.165, 1.54) is 12.1 Å². The lowest BCUT2D eigenvalue weighted by Crippen LogP contribution is -2.46. The summed E-state index contributed by atoms with van der Waals surface area (Å²) in [5.41, 5.74) is 0.688. The minimum Gasteiger partial charge on any atom is -0.469 e. The summed E-state index contributed by atoms with van der Waals surface area (Å²) >= 11 is 0. The van der Waals surface area contributed by atoms with Gasteiger partial charge in [-0.2, -0.15) is 0 Å². The number of nitrogens with zero attached hydrogens (tertiary/aromatic N) is 1. The number of hydrogen-bond donors (Lipinski definition) is 3. The molecule has 0 spiro atoms. The Kier molecular flexibility index (Phi) is 6.94. The van der Waals surface area contributed by atoms with Crippen molar-refractivity contribution in [3.8, 4) is 0 Å². The Morgan fingerprint density at radius 3 is 2.66 bits per heavy atom. The molecule has 2 heterocycles. The minimum atomic E-state index is -3.69. The molecule has 1 saturated heterocycles. The van der Waals surface area contributed by atoms with Gasteiger partial charge in [-0.25, -0.2) is 18.5 Å². The number of benzene rings is 1. The van der Waals surface area contributed by atoms with E-state index in [0.717, 1.165) is 37.2 Å². The highest BCUT2D eigenvalue weighted by molar-refractivity contribution is 7.89. The molecule has 0 saturated carbocycles. The number of nitrogens with one attached hydrogen (secondary N) is 2. The smallest absolute Gasteiger partial charge is 0.238 e. The van der Waals surface area contributed by atoms with Crippen molar-refractivity contribution in [1.29, 1.82) is 0 Å². The van der Waals surface area contributed by atoms with Gasteiger partial charge in [0.1, 0.15) is 5.76 Å². The lowest BCUT2D eigenvalue weighted by molar-refractivity contribution is 0.0242. The third kappa shape index (κ3) is 6.59. The maximum absolute atomic E-state index is 11.4. The third-order valence-electron chi connectivity index (χ3n) is 4.85. The molecule has 0 amide bonds. The Morgan fingerprint density at radius 2 is 2.03 bits per heavy atom. The predicted molar refractivity (Wildman–Crippen MR) is 111 cm³/mol. The average molecular weight is 421 g/mol. The van der Waals surface area contributed by atoms with E-state index < -0.39 is 10.0 Å². The molecule has 1 aromatic heterocycles. The summed E-state index contributed by atoms with van der Waals surface area (Å²) in [5, 5.41) is 11.8. The van der Waals surface area contributed by atoms with Crippen LogP contribution in [0.2, 0.25) is 0 Å². The van der Waals surface area contributed by atoms with Crippen molar-refractivity contribution in [2.24, 2.45) is 10.1 Å². The number of sulfonamides is 1. The molecular weight excluding hydrogens is 392 g/mol. The largest absolute Gasteiger partial charge is 0.469 e. The maximum Gasteiger partial charge on any atom is 0.238 e. The Labute approximate surface area is 171 Å². The van der Waals surface area contributed by atoms with E-state index in [1.54, 1.807) is 18.4 Å². The van der Waals surface area contributed by atoms with Crippen LogP contribution in [0.3, 0.4) is 0 Å². The second-order valence-electron chi connectivity index (χ2n) is 7.37. The Bertz CT molecular complexity index is 902. The van der Waals surface area contributed by atoms with Crippen molar-refractivity contribution < 1.29 is 17.6 Å². The van der Waals surface area contributed by atoms with Gasteiger partial charge in [0, 0.05) is 26.1 Å². The van der Waals surface area contributed by atoms with Gasteiger partial charge in [0.05, 0.1) is 23.3 Å². The number of primary sulfonamides is 1. The number of rotatable bonds is 8. The Morgan fingerprint density at radius 1 is 1.24 bits per heavy atom. The van der Waals surface area contributed by atoms with Crippen molar-refractivity contribution in [1.82, 2.24) is 10.6 Å². The van der Waals surface area contributed by atoms with Crippen LogP contribution in [0.4, 0.5) is 0 Å². The van der Waals surface area contributed by atoms with Gasteiger partial charge in [-0.15, -0.1) is 0 Å². The van der Waals surface area contributed by atoms with Crippen molar-refractivity contribution in [3.63, 3.8) is 0 Å². The molecular formula is C20H28N4O4S. The van der Waals surface area contributed by atoms with E-state index in [9.17, 15) is 8.42 Å². The quantitative estimate of drug-likeness (QED) is 0.442. The zero-order valence-electron chi connectivity index (χ0n) is 16.6. The highest BCUT2D eigenvalue weighted by Crippen LogP contribution is 2.23. The van der Waals surface area contributed by atoms with E-state index in [-0.39, 0.29) is 10.5 Å². The van der Waals surface area contributed by atoms with Crippen LogP contribution in [0.15, 0.2) is 57.0 Å². The molecule has 0 radical (unpaired) electrons. The van der Waals surface area contributed by atoms with Crippen LogP contribution in [0, 0.1) is 0 Å². The molecule has 29 heavy (non-hydrogen) atoms. The highest BCUT2D eigenvalue weighted by atomic mass is 32.2. The van der Waals surface area contributed by atoms with Crippen LogP contribution in [0.1, 0.15) is 31.1 Å². The first-order chi connectivity index (χ1) is 13.8. The second-order valence-corrected chi connectivity index (χ2v) is 8.93. The first-order valence-corrected chi connectivity index (χ1v) is 11.2. The van der Waals surface area contributed by atoms with Gasteiger partial charge in [0.2, 0.25) is 10.0 Å². The molecule has 0 bridgehead atoms. The molecule has 8 nitrogen and oxygen atoms in total. The molecule has 4 N–H and O–H groups in total. The highest BCUT2D eigenvalue weighted by Gasteiger charge is 2.29. The number of aliphatic imine (C=N–C) groups is 1. The van der Waals surface area contributed by atoms with Crippen LogP contribution < -0.4 is 15.8 Å². The fourth-order valence-corrected chi connectivity index (χ4v) is 3.65. The standard InChI is InChI=1S/C20H28N4O4S/c1-20(10-3-13-28-20)15-24-19(22-11-9-17-4-2-12-27-17)23-14-16-5-7-18(8-6-16)29(21,25)26/h2,4-8,12H,3,9-11,13-15H2,1H3,(H2,21,25,26)(H2,22,23,24). The van der Waals surface area contributed by atoms with Crippen molar-refractivity contribution in [2.75, 3.05) is 19.7 Å². The summed E-state index contributed by atoms with van der Waals surface area (Å²) in [6.45, 7) is 4.61. The molecule has 1 aromatic carbocycles. The number of hydrogen-bond acceptors (Lipinski definition) is 5. The topological polar surface area (TPSA) is 119 Å². The molecule has 1 aliphatic heterocycles. The normalized spacial score (nSPS) is 20.0. The first-order valence-electron chi connectivity index (χ1n) is 9.64. The van der Waals surface area contributed by atoms with Crippen LogP contribution >= 0.6 is 0 Å². The lowest BCUT2D eigenvalue weighted by Gasteiger charge is -2.24. The molecule has 3 rings (SSSR count). The lowest BCUT2D eigenvalue weighted by atomic mass is 10.0. The minimum absolute atomic E-state index is 0.0893.